The van der Waals surface area contributed by atoms with E-state index >= 15 is 0 Å². The van der Waals surface area contributed by atoms with E-state index < -0.39 is 11.9 Å². The largest absolute Gasteiger partial charge is 0.461 e. The van der Waals surface area contributed by atoms with Crippen LogP contribution in [0.3, 0.4) is 0 Å². The molecule has 0 aliphatic rings. The summed E-state index contributed by atoms with van der Waals surface area (Å²) in [4.78, 5) is 23.0. The molecule has 0 spiro atoms. The summed E-state index contributed by atoms with van der Waals surface area (Å²) in [5, 5.41) is 1.30. The van der Waals surface area contributed by atoms with E-state index in [1.165, 1.54) is 0 Å². The Morgan fingerprint density at radius 2 is 2.15 bits per heavy atom. The minimum absolute atomic E-state index is 0.142. The van der Waals surface area contributed by atoms with Gasteiger partial charge in [-0.15, -0.1) is 0 Å². The Kier molecular flexibility index (Phi) is 4.29. The third kappa shape index (κ3) is 2.77. The van der Waals surface area contributed by atoms with E-state index in [0.717, 1.165) is 10.9 Å². The van der Waals surface area contributed by atoms with E-state index in [1.807, 2.05) is 6.07 Å². The lowest BCUT2D eigenvalue weighted by molar-refractivity contribution is -0.118. The summed E-state index contributed by atoms with van der Waals surface area (Å²) in [6.07, 6.45) is 0.142. The molecule has 2 N–H and O–H groups in total. The number of hydrogen-bond acceptors (Lipinski definition) is 3. The first-order valence-corrected chi connectivity index (χ1v) is 6.65. The highest BCUT2D eigenvalue weighted by Crippen LogP contribution is 2.27. The number of aromatic nitrogens is 1. The molecule has 0 saturated carbocycles. The third-order valence-electron chi connectivity index (χ3n) is 2.96. The molecule has 0 aliphatic carbocycles. The second kappa shape index (κ2) is 5.96. The highest BCUT2D eigenvalue weighted by molar-refractivity contribution is 6.35. The van der Waals surface area contributed by atoms with Gasteiger partial charge in [-0.1, -0.05) is 17.7 Å². The lowest BCUT2D eigenvalue weighted by Gasteiger charge is -2.09. The number of nitrogens with zero attached hydrogens (tertiary/aromatic N) is 1. The molecule has 0 bridgehead atoms. The Morgan fingerprint density at radius 1 is 1.40 bits per heavy atom. The van der Waals surface area contributed by atoms with Crippen LogP contribution in [-0.4, -0.2) is 23.1 Å². The number of fused-ring (bicyclic) bond motifs is 1. The molecule has 0 atom stereocenters. The molecule has 5 nitrogen and oxygen atoms in total. The predicted molar refractivity (Wildman–Crippen MR) is 76.7 cm³/mol. The average molecular weight is 295 g/mol. The zero-order chi connectivity index (χ0) is 14.7. The first-order chi connectivity index (χ1) is 9.54. The number of primary amides is 1. The van der Waals surface area contributed by atoms with Crippen LogP contribution in [0.4, 0.5) is 0 Å². The van der Waals surface area contributed by atoms with E-state index in [9.17, 15) is 9.59 Å². The Morgan fingerprint density at radius 3 is 2.80 bits per heavy atom. The molecule has 0 saturated heterocycles. The number of rotatable bonds is 5. The number of ether oxygens (including phenoxy) is 1. The number of carbonyl (C=O) groups excluding carboxylic acids is 2. The van der Waals surface area contributed by atoms with Gasteiger partial charge in [-0.2, -0.15) is 0 Å². The topological polar surface area (TPSA) is 74.3 Å². The monoisotopic (exact) mass is 294 g/mol. The number of amides is 1. The van der Waals surface area contributed by atoms with E-state index in [0.29, 0.717) is 17.3 Å². The standard InChI is InChI=1S/C14H15ClN2O3/c1-2-20-14(19)12-8-9-10(15)4-3-5-11(9)17(12)7-6-13(16)18/h3-5,8H,2,6-7H2,1H3,(H2,16,18). The van der Waals surface area contributed by atoms with Crippen LogP contribution >= 0.6 is 11.6 Å². The molecule has 1 aromatic carbocycles. The quantitative estimate of drug-likeness (QED) is 0.860. The fourth-order valence-electron chi connectivity index (χ4n) is 2.09. The Bertz CT molecular complexity index is 664. The Balaban J connectivity index is 2.53. The van der Waals surface area contributed by atoms with Crippen molar-refractivity contribution in [2.24, 2.45) is 5.73 Å². The van der Waals surface area contributed by atoms with Gasteiger partial charge in [-0.3, -0.25) is 4.79 Å². The molecule has 0 fully saturated rings. The normalized spacial score (nSPS) is 10.7. The summed E-state index contributed by atoms with van der Waals surface area (Å²) in [6.45, 7) is 2.33. The van der Waals surface area contributed by atoms with E-state index in [4.69, 9.17) is 22.1 Å². The van der Waals surface area contributed by atoms with E-state index in [1.54, 1.807) is 29.7 Å². The summed E-state index contributed by atoms with van der Waals surface area (Å²) < 4.78 is 6.74. The molecule has 20 heavy (non-hydrogen) atoms. The second-order valence-electron chi connectivity index (χ2n) is 4.29. The predicted octanol–water partition coefficient (Wildman–Crippen LogP) is 2.35. The van der Waals surface area contributed by atoms with Crippen molar-refractivity contribution in [1.29, 1.82) is 0 Å². The molecule has 0 unspecified atom stereocenters. The van der Waals surface area contributed by atoms with Crippen molar-refractivity contribution in [3.63, 3.8) is 0 Å². The van der Waals surface area contributed by atoms with E-state index in [-0.39, 0.29) is 13.0 Å². The number of halogens is 1. The molecule has 1 heterocycles. The molecule has 1 amide bonds. The molecule has 6 heteroatoms. The number of nitrogens with two attached hydrogens (primary N) is 1. The molecule has 2 aromatic rings. The molecular formula is C14H15ClN2O3. The summed E-state index contributed by atoms with van der Waals surface area (Å²) in [6, 6.07) is 7.05. The Labute approximate surface area is 121 Å². The smallest absolute Gasteiger partial charge is 0.354 e. The van der Waals surface area contributed by atoms with Gasteiger partial charge in [0.05, 0.1) is 12.1 Å². The molecule has 1 aromatic heterocycles. The number of esters is 1. The van der Waals surface area contributed by atoms with E-state index in [2.05, 4.69) is 0 Å². The molecule has 2 rings (SSSR count). The second-order valence-corrected chi connectivity index (χ2v) is 4.70. The van der Waals surface area contributed by atoms with Gasteiger partial charge in [0.15, 0.2) is 0 Å². The van der Waals surface area contributed by atoms with Gasteiger partial charge in [0.2, 0.25) is 5.91 Å². The number of carbonyl (C=O) groups is 2. The van der Waals surface area contributed by atoms with Crippen molar-refractivity contribution < 1.29 is 14.3 Å². The zero-order valence-electron chi connectivity index (χ0n) is 11.1. The summed E-state index contributed by atoms with van der Waals surface area (Å²) in [5.74, 6) is -0.868. The highest BCUT2D eigenvalue weighted by atomic mass is 35.5. The maximum absolute atomic E-state index is 12.0. The van der Waals surface area contributed by atoms with Crippen LogP contribution in [0.5, 0.6) is 0 Å². The summed E-state index contributed by atoms with van der Waals surface area (Å²) >= 11 is 6.13. The molecule has 106 valence electrons. The van der Waals surface area contributed by atoms with Gasteiger partial charge < -0.3 is 15.0 Å². The first-order valence-electron chi connectivity index (χ1n) is 6.27. The SMILES string of the molecule is CCOC(=O)c1cc2c(Cl)cccc2n1CCC(N)=O. The van der Waals surface area contributed by atoms with Crippen LogP contribution in [0.25, 0.3) is 10.9 Å². The summed E-state index contributed by atoms with van der Waals surface area (Å²) in [7, 11) is 0. The van der Waals surface area contributed by atoms with Gasteiger partial charge in [0.25, 0.3) is 0 Å². The maximum atomic E-state index is 12.0. The van der Waals surface area contributed by atoms with Crippen LogP contribution in [0.15, 0.2) is 24.3 Å². The van der Waals surface area contributed by atoms with Crippen molar-refractivity contribution in [2.45, 2.75) is 19.9 Å². The van der Waals surface area contributed by atoms with Crippen LogP contribution in [0.2, 0.25) is 5.02 Å². The van der Waals surface area contributed by atoms with Crippen molar-refractivity contribution in [1.82, 2.24) is 4.57 Å². The lowest BCUT2D eigenvalue weighted by Crippen LogP contribution is -2.17. The van der Waals surface area contributed by atoms with Gasteiger partial charge in [-0.25, -0.2) is 4.79 Å². The minimum atomic E-state index is -0.441. The number of aryl methyl sites for hydroxylation is 1. The van der Waals surface area contributed by atoms with Gasteiger partial charge >= 0.3 is 5.97 Å². The average Bonchev–Trinajstić information content (AvgIpc) is 2.77. The highest BCUT2D eigenvalue weighted by Gasteiger charge is 2.18. The van der Waals surface area contributed by atoms with Crippen LogP contribution in [0.1, 0.15) is 23.8 Å². The van der Waals surface area contributed by atoms with Crippen molar-refractivity contribution >= 4 is 34.4 Å². The molecule has 0 radical (unpaired) electrons. The fourth-order valence-corrected chi connectivity index (χ4v) is 2.31. The van der Waals surface area contributed by atoms with Gasteiger partial charge in [0.1, 0.15) is 5.69 Å². The van der Waals surface area contributed by atoms with Crippen molar-refractivity contribution in [3.05, 3.63) is 35.0 Å². The summed E-state index contributed by atoms with van der Waals surface area (Å²) in [5.41, 5.74) is 6.32. The fraction of sp³-hybridized carbons (Fsp3) is 0.286. The number of benzene rings is 1. The Hall–Kier alpha value is -2.01. The molecule has 0 aliphatic heterocycles. The van der Waals surface area contributed by atoms with Crippen molar-refractivity contribution in [2.75, 3.05) is 6.61 Å². The molecular weight excluding hydrogens is 280 g/mol. The third-order valence-corrected chi connectivity index (χ3v) is 3.29. The van der Waals surface area contributed by atoms with Gasteiger partial charge in [-0.05, 0) is 25.1 Å². The van der Waals surface area contributed by atoms with Crippen LogP contribution in [0, 0.1) is 0 Å². The van der Waals surface area contributed by atoms with Crippen molar-refractivity contribution in [3.8, 4) is 0 Å². The lowest BCUT2D eigenvalue weighted by atomic mass is 10.2. The maximum Gasteiger partial charge on any atom is 0.354 e. The first kappa shape index (κ1) is 14.4. The minimum Gasteiger partial charge on any atom is -0.461 e. The van der Waals surface area contributed by atoms with Gasteiger partial charge in [0, 0.05) is 23.4 Å². The van der Waals surface area contributed by atoms with Crippen LogP contribution in [-0.2, 0) is 16.1 Å². The van der Waals surface area contributed by atoms with Crippen LogP contribution < -0.4 is 5.73 Å². The zero-order valence-corrected chi connectivity index (χ0v) is 11.8. The number of hydrogen-bond donors (Lipinski definition) is 1.